The minimum atomic E-state index is -0.862. The molecule has 0 N–H and O–H groups in total. The van der Waals surface area contributed by atoms with Gasteiger partial charge in [-0.1, -0.05) is 22.5 Å². The number of alkyl halides is 1. The smallest absolute Gasteiger partial charge is 0.233 e. The van der Waals surface area contributed by atoms with E-state index in [0.29, 0.717) is 19.6 Å². The summed E-state index contributed by atoms with van der Waals surface area (Å²) >= 11 is 9.43. The molecule has 0 aromatic heterocycles. The quantitative estimate of drug-likeness (QED) is 0.572. The topological polar surface area (TPSA) is 18.5 Å². The lowest BCUT2D eigenvalue weighted by atomic mass is 10.1. The summed E-state index contributed by atoms with van der Waals surface area (Å²) in [6, 6.07) is 0. The van der Waals surface area contributed by atoms with Crippen molar-refractivity contribution in [2.45, 2.75) is 36.8 Å². The summed E-state index contributed by atoms with van der Waals surface area (Å²) < 4.78 is 11.9. The summed E-state index contributed by atoms with van der Waals surface area (Å²) in [4.78, 5) is 0. The molecular weight excluding hydrogens is 291 g/mol. The normalized spacial score (nSPS) is 21.1. The molecule has 0 bridgehead atoms. The van der Waals surface area contributed by atoms with E-state index in [0.717, 1.165) is 23.7 Å². The lowest BCUT2D eigenvalue weighted by Gasteiger charge is -2.33. The maximum absolute atomic E-state index is 6.14. The third-order valence-electron chi connectivity index (χ3n) is 2.41. The van der Waals surface area contributed by atoms with Crippen LogP contribution in [0.3, 0.4) is 0 Å². The fourth-order valence-electron chi connectivity index (χ4n) is 1.56. The summed E-state index contributed by atoms with van der Waals surface area (Å²) in [6.45, 7) is 5.07. The van der Waals surface area contributed by atoms with E-state index in [9.17, 15) is 0 Å². The Balaban J connectivity index is 2.39. The second kappa shape index (κ2) is 6.66. The average molecular weight is 308 g/mol. The van der Waals surface area contributed by atoms with Gasteiger partial charge >= 0.3 is 0 Å². The SMILES string of the molecule is C#CC1(CC[C@@H](Cl)CC(=C)Br)OCCCO1. The Morgan fingerprint density at radius 3 is 2.69 bits per heavy atom. The van der Waals surface area contributed by atoms with Gasteiger partial charge in [-0.15, -0.1) is 18.0 Å². The Hall–Kier alpha value is -0.0100. The molecule has 0 aliphatic carbocycles. The van der Waals surface area contributed by atoms with E-state index in [4.69, 9.17) is 27.5 Å². The van der Waals surface area contributed by atoms with Crippen LogP contribution in [0.2, 0.25) is 0 Å². The first-order valence-corrected chi connectivity index (χ1v) is 6.54. The number of rotatable bonds is 5. The van der Waals surface area contributed by atoms with Crippen LogP contribution in [0, 0.1) is 12.3 Å². The first kappa shape index (κ1) is 14.1. The second-order valence-electron chi connectivity index (χ2n) is 3.81. The maximum atomic E-state index is 6.14. The number of allylic oxidation sites excluding steroid dienone is 1. The molecule has 1 heterocycles. The fourth-order valence-corrected chi connectivity index (χ4v) is 2.44. The number of hydrogen-bond donors (Lipinski definition) is 0. The third kappa shape index (κ3) is 4.47. The lowest BCUT2D eigenvalue weighted by molar-refractivity contribution is -0.233. The standard InChI is InChI=1S/C12H16BrClO2/c1-3-12(15-7-4-8-16-12)6-5-11(14)9-10(2)13/h1,11H,2,4-9H2/t11-/m1/s1. The molecule has 1 saturated heterocycles. The lowest BCUT2D eigenvalue weighted by Crippen LogP contribution is -2.39. The van der Waals surface area contributed by atoms with Gasteiger partial charge in [-0.3, -0.25) is 0 Å². The van der Waals surface area contributed by atoms with Crippen molar-refractivity contribution in [2.75, 3.05) is 13.2 Å². The molecule has 1 aliphatic heterocycles. The molecule has 0 saturated carbocycles. The van der Waals surface area contributed by atoms with Crippen LogP contribution in [-0.2, 0) is 9.47 Å². The van der Waals surface area contributed by atoms with Crippen LogP contribution in [0.25, 0.3) is 0 Å². The van der Waals surface area contributed by atoms with E-state index in [-0.39, 0.29) is 5.38 Å². The number of hydrogen-bond acceptors (Lipinski definition) is 2. The maximum Gasteiger partial charge on any atom is 0.233 e. The van der Waals surface area contributed by atoms with E-state index in [1.807, 2.05) is 0 Å². The molecule has 1 atom stereocenters. The van der Waals surface area contributed by atoms with Crippen LogP contribution >= 0.6 is 27.5 Å². The first-order chi connectivity index (χ1) is 7.58. The van der Waals surface area contributed by atoms with Crippen LogP contribution in [0.5, 0.6) is 0 Å². The molecule has 0 amide bonds. The van der Waals surface area contributed by atoms with Gasteiger partial charge in [0.2, 0.25) is 5.79 Å². The van der Waals surface area contributed by atoms with E-state index in [1.165, 1.54) is 0 Å². The minimum absolute atomic E-state index is 0.00577. The summed E-state index contributed by atoms with van der Waals surface area (Å²) in [7, 11) is 0. The molecule has 16 heavy (non-hydrogen) atoms. The molecule has 4 heteroatoms. The Labute approximate surface area is 110 Å². The Kier molecular flexibility index (Phi) is 5.85. The first-order valence-electron chi connectivity index (χ1n) is 5.31. The van der Waals surface area contributed by atoms with Crippen molar-refractivity contribution in [3.05, 3.63) is 11.1 Å². The van der Waals surface area contributed by atoms with Crippen molar-refractivity contribution in [1.82, 2.24) is 0 Å². The Bertz CT molecular complexity index is 279. The fraction of sp³-hybridized carbons (Fsp3) is 0.667. The molecule has 0 aromatic carbocycles. The Morgan fingerprint density at radius 1 is 1.56 bits per heavy atom. The monoisotopic (exact) mass is 306 g/mol. The predicted molar refractivity (Wildman–Crippen MR) is 69.6 cm³/mol. The van der Waals surface area contributed by atoms with Crippen molar-refractivity contribution in [2.24, 2.45) is 0 Å². The zero-order valence-corrected chi connectivity index (χ0v) is 11.5. The third-order valence-corrected chi connectivity index (χ3v) is 3.10. The summed E-state index contributed by atoms with van der Waals surface area (Å²) in [6.07, 6.45) is 8.44. The van der Waals surface area contributed by atoms with E-state index < -0.39 is 5.79 Å². The summed E-state index contributed by atoms with van der Waals surface area (Å²) in [5.74, 6) is 1.73. The van der Waals surface area contributed by atoms with E-state index >= 15 is 0 Å². The van der Waals surface area contributed by atoms with Crippen molar-refractivity contribution >= 4 is 27.5 Å². The van der Waals surface area contributed by atoms with Crippen molar-refractivity contribution in [3.63, 3.8) is 0 Å². The molecule has 2 nitrogen and oxygen atoms in total. The van der Waals surface area contributed by atoms with Gasteiger partial charge in [0.15, 0.2) is 0 Å². The number of terminal acetylenes is 1. The largest absolute Gasteiger partial charge is 0.340 e. The second-order valence-corrected chi connectivity index (χ2v) is 5.54. The van der Waals surface area contributed by atoms with Crippen molar-refractivity contribution < 1.29 is 9.47 Å². The van der Waals surface area contributed by atoms with E-state index in [2.05, 4.69) is 28.4 Å². The predicted octanol–water partition coefficient (Wildman–Crippen LogP) is 3.44. The number of ether oxygens (including phenoxy) is 2. The van der Waals surface area contributed by atoms with Gasteiger partial charge in [0, 0.05) is 11.8 Å². The molecule has 0 radical (unpaired) electrons. The highest BCUT2D eigenvalue weighted by Gasteiger charge is 2.32. The Morgan fingerprint density at radius 2 is 2.19 bits per heavy atom. The zero-order valence-electron chi connectivity index (χ0n) is 9.18. The van der Waals surface area contributed by atoms with Crippen LogP contribution in [0.4, 0.5) is 0 Å². The van der Waals surface area contributed by atoms with Gasteiger partial charge in [-0.25, -0.2) is 0 Å². The average Bonchev–Trinajstić information content (AvgIpc) is 2.27. The minimum Gasteiger partial charge on any atom is -0.340 e. The van der Waals surface area contributed by atoms with Gasteiger partial charge in [0.1, 0.15) is 0 Å². The van der Waals surface area contributed by atoms with Gasteiger partial charge < -0.3 is 9.47 Å². The van der Waals surface area contributed by atoms with Crippen molar-refractivity contribution in [1.29, 1.82) is 0 Å². The van der Waals surface area contributed by atoms with Gasteiger partial charge in [-0.2, -0.15) is 0 Å². The van der Waals surface area contributed by atoms with Gasteiger partial charge in [0.25, 0.3) is 0 Å². The summed E-state index contributed by atoms with van der Waals surface area (Å²) in [5.41, 5.74) is 0. The molecule has 90 valence electrons. The van der Waals surface area contributed by atoms with Crippen molar-refractivity contribution in [3.8, 4) is 12.3 Å². The van der Waals surface area contributed by atoms with Gasteiger partial charge in [-0.05, 0) is 29.7 Å². The highest BCUT2D eigenvalue weighted by Crippen LogP contribution is 2.27. The molecule has 0 spiro atoms. The molecule has 0 aromatic rings. The highest BCUT2D eigenvalue weighted by molar-refractivity contribution is 9.11. The van der Waals surface area contributed by atoms with E-state index in [1.54, 1.807) is 0 Å². The summed E-state index contributed by atoms with van der Waals surface area (Å²) in [5, 5.41) is 0.00577. The van der Waals surface area contributed by atoms with Crippen LogP contribution in [0.1, 0.15) is 25.7 Å². The van der Waals surface area contributed by atoms with Crippen LogP contribution in [0.15, 0.2) is 11.1 Å². The molecule has 1 aliphatic rings. The molecule has 1 rings (SSSR count). The molecule has 1 fully saturated rings. The number of halogens is 2. The van der Waals surface area contributed by atoms with Crippen LogP contribution < -0.4 is 0 Å². The van der Waals surface area contributed by atoms with Crippen LogP contribution in [-0.4, -0.2) is 24.4 Å². The zero-order chi connectivity index (χ0) is 12.0. The molecular formula is C12H16BrClO2. The van der Waals surface area contributed by atoms with Gasteiger partial charge in [0.05, 0.1) is 13.2 Å². The highest BCUT2D eigenvalue weighted by atomic mass is 79.9. The molecule has 0 unspecified atom stereocenters.